The predicted molar refractivity (Wildman–Crippen MR) is 68.5 cm³/mol. The van der Waals surface area contributed by atoms with Gasteiger partial charge in [-0.25, -0.2) is 0 Å². The summed E-state index contributed by atoms with van der Waals surface area (Å²) in [4.78, 5) is 23.0. The summed E-state index contributed by atoms with van der Waals surface area (Å²) in [5.41, 5.74) is 0. The van der Waals surface area contributed by atoms with Gasteiger partial charge >= 0.3 is 5.97 Å². The SMILES string of the molecule is CC1CC(C(=O)O)C(C(=O)NCCCOCCO)C1. The number of rotatable bonds is 8. The normalized spacial score (nSPS) is 26.3. The lowest BCUT2D eigenvalue weighted by atomic mass is 9.95. The van der Waals surface area contributed by atoms with Gasteiger partial charge in [0.05, 0.1) is 25.0 Å². The first-order chi connectivity index (χ1) is 9.06. The average molecular weight is 273 g/mol. The van der Waals surface area contributed by atoms with Crippen LogP contribution >= 0.6 is 0 Å². The summed E-state index contributed by atoms with van der Waals surface area (Å²) >= 11 is 0. The molecule has 1 rings (SSSR count). The lowest BCUT2D eigenvalue weighted by molar-refractivity contribution is -0.146. The molecule has 0 aromatic heterocycles. The highest BCUT2D eigenvalue weighted by molar-refractivity contribution is 5.85. The highest BCUT2D eigenvalue weighted by Gasteiger charge is 2.40. The number of carbonyl (C=O) groups excluding carboxylic acids is 1. The first kappa shape index (κ1) is 15.9. The van der Waals surface area contributed by atoms with E-state index in [-0.39, 0.29) is 18.4 Å². The van der Waals surface area contributed by atoms with Crippen LogP contribution < -0.4 is 5.32 Å². The minimum atomic E-state index is -0.879. The van der Waals surface area contributed by atoms with Gasteiger partial charge in [0.2, 0.25) is 5.91 Å². The van der Waals surface area contributed by atoms with Crippen molar-refractivity contribution in [2.75, 3.05) is 26.4 Å². The molecule has 3 N–H and O–H groups in total. The molecule has 6 heteroatoms. The number of hydrogen-bond acceptors (Lipinski definition) is 4. The van der Waals surface area contributed by atoms with E-state index in [0.29, 0.717) is 39.0 Å². The van der Waals surface area contributed by atoms with Gasteiger partial charge in [-0.15, -0.1) is 0 Å². The third-order valence-electron chi connectivity index (χ3n) is 3.45. The van der Waals surface area contributed by atoms with Gasteiger partial charge in [-0.1, -0.05) is 6.92 Å². The number of carboxylic acids is 1. The number of aliphatic hydroxyl groups excluding tert-OH is 1. The fourth-order valence-electron chi connectivity index (χ4n) is 2.54. The highest BCUT2D eigenvalue weighted by Crippen LogP contribution is 2.36. The molecule has 3 atom stereocenters. The molecule has 0 aliphatic heterocycles. The van der Waals surface area contributed by atoms with E-state index in [1.165, 1.54) is 0 Å². The number of carboxylic acid groups (broad SMARTS) is 1. The molecular weight excluding hydrogens is 250 g/mol. The molecule has 6 nitrogen and oxygen atoms in total. The molecule has 110 valence electrons. The van der Waals surface area contributed by atoms with E-state index in [2.05, 4.69) is 5.32 Å². The summed E-state index contributed by atoms with van der Waals surface area (Å²) in [7, 11) is 0. The number of ether oxygens (including phenoxy) is 1. The van der Waals surface area contributed by atoms with Crippen LogP contribution in [0.5, 0.6) is 0 Å². The highest BCUT2D eigenvalue weighted by atomic mass is 16.5. The Morgan fingerprint density at radius 1 is 1.26 bits per heavy atom. The smallest absolute Gasteiger partial charge is 0.307 e. The van der Waals surface area contributed by atoms with E-state index in [1.807, 2.05) is 6.92 Å². The Labute approximate surface area is 113 Å². The quantitative estimate of drug-likeness (QED) is 0.551. The summed E-state index contributed by atoms with van der Waals surface area (Å²) in [5.74, 6) is -1.73. The molecule has 0 radical (unpaired) electrons. The van der Waals surface area contributed by atoms with Crippen molar-refractivity contribution in [3.8, 4) is 0 Å². The van der Waals surface area contributed by atoms with Crippen LogP contribution in [0.2, 0.25) is 0 Å². The maximum absolute atomic E-state index is 11.9. The van der Waals surface area contributed by atoms with Crippen molar-refractivity contribution >= 4 is 11.9 Å². The number of nitrogens with one attached hydrogen (secondary N) is 1. The molecule has 1 aliphatic carbocycles. The molecule has 1 fully saturated rings. The molecule has 0 bridgehead atoms. The molecule has 0 heterocycles. The Kier molecular flexibility index (Phi) is 6.80. The van der Waals surface area contributed by atoms with Crippen molar-refractivity contribution in [1.29, 1.82) is 0 Å². The number of aliphatic carboxylic acids is 1. The van der Waals surface area contributed by atoms with Gasteiger partial charge in [-0.2, -0.15) is 0 Å². The minimum Gasteiger partial charge on any atom is -0.481 e. The zero-order valence-electron chi connectivity index (χ0n) is 11.3. The van der Waals surface area contributed by atoms with Gasteiger partial charge in [0, 0.05) is 13.2 Å². The maximum atomic E-state index is 11.9. The first-order valence-corrected chi connectivity index (χ1v) is 6.75. The summed E-state index contributed by atoms with van der Waals surface area (Å²) in [6, 6.07) is 0. The van der Waals surface area contributed by atoms with E-state index in [9.17, 15) is 9.59 Å². The van der Waals surface area contributed by atoms with Crippen LogP contribution in [0.4, 0.5) is 0 Å². The molecule has 19 heavy (non-hydrogen) atoms. The second-order valence-corrected chi connectivity index (χ2v) is 5.11. The lowest BCUT2D eigenvalue weighted by Crippen LogP contribution is -2.36. The molecule has 1 amide bonds. The second-order valence-electron chi connectivity index (χ2n) is 5.11. The molecule has 1 saturated carbocycles. The van der Waals surface area contributed by atoms with Gasteiger partial charge in [-0.05, 0) is 25.2 Å². The van der Waals surface area contributed by atoms with Crippen LogP contribution in [0.25, 0.3) is 0 Å². The first-order valence-electron chi connectivity index (χ1n) is 6.75. The van der Waals surface area contributed by atoms with E-state index >= 15 is 0 Å². The fourth-order valence-corrected chi connectivity index (χ4v) is 2.54. The van der Waals surface area contributed by atoms with Crippen LogP contribution in [-0.4, -0.2) is 48.5 Å². The zero-order chi connectivity index (χ0) is 14.3. The molecular formula is C13H23NO5. The molecule has 0 aromatic carbocycles. The molecule has 0 spiro atoms. The van der Waals surface area contributed by atoms with E-state index in [1.54, 1.807) is 0 Å². The minimum absolute atomic E-state index is 0.00733. The van der Waals surface area contributed by atoms with Gasteiger partial charge < -0.3 is 20.3 Å². The third-order valence-corrected chi connectivity index (χ3v) is 3.45. The van der Waals surface area contributed by atoms with Crippen molar-refractivity contribution in [3.63, 3.8) is 0 Å². The molecule has 1 aliphatic rings. The number of aliphatic hydroxyl groups is 1. The predicted octanol–water partition coefficient (Wildman–Crippen LogP) is 0.249. The Hall–Kier alpha value is -1.14. The van der Waals surface area contributed by atoms with Crippen LogP contribution in [0.15, 0.2) is 0 Å². The summed E-state index contributed by atoms with van der Waals surface area (Å²) in [6.45, 7) is 3.22. The molecule has 0 saturated heterocycles. The van der Waals surface area contributed by atoms with E-state index in [0.717, 1.165) is 0 Å². The number of hydrogen-bond donors (Lipinski definition) is 3. The standard InChI is InChI=1S/C13H23NO5/c1-9-7-10(11(8-9)13(17)18)12(16)14-3-2-5-19-6-4-15/h9-11,15H,2-8H2,1H3,(H,14,16)(H,17,18). The Bertz CT molecular complexity index is 307. The summed E-state index contributed by atoms with van der Waals surface area (Å²) < 4.78 is 5.07. The van der Waals surface area contributed by atoms with Crippen LogP contribution in [0.3, 0.4) is 0 Å². The summed E-state index contributed by atoms with van der Waals surface area (Å²) in [5, 5.41) is 20.4. The number of amides is 1. The van der Waals surface area contributed by atoms with Crippen molar-refractivity contribution < 1.29 is 24.5 Å². The van der Waals surface area contributed by atoms with Gasteiger partial charge in [0.1, 0.15) is 0 Å². The van der Waals surface area contributed by atoms with Gasteiger partial charge in [-0.3, -0.25) is 9.59 Å². The summed E-state index contributed by atoms with van der Waals surface area (Å²) in [6.07, 6.45) is 1.88. The lowest BCUT2D eigenvalue weighted by Gasteiger charge is -2.15. The van der Waals surface area contributed by atoms with E-state index < -0.39 is 17.8 Å². The fraction of sp³-hybridized carbons (Fsp3) is 0.846. The Morgan fingerprint density at radius 3 is 2.58 bits per heavy atom. The zero-order valence-corrected chi connectivity index (χ0v) is 11.3. The topological polar surface area (TPSA) is 95.9 Å². The van der Waals surface area contributed by atoms with Crippen molar-refractivity contribution in [1.82, 2.24) is 5.32 Å². The molecule has 3 unspecified atom stereocenters. The van der Waals surface area contributed by atoms with Gasteiger partial charge in [0.25, 0.3) is 0 Å². The van der Waals surface area contributed by atoms with Crippen LogP contribution in [-0.2, 0) is 14.3 Å². The van der Waals surface area contributed by atoms with E-state index in [4.69, 9.17) is 14.9 Å². The maximum Gasteiger partial charge on any atom is 0.307 e. The third kappa shape index (κ3) is 5.16. The average Bonchev–Trinajstić information content (AvgIpc) is 2.76. The monoisotopic (exact) mass is 273 g/mol. The van der Waals surface area contributed by atoms with Crippen molar-refractivity contribution in [2.45, 2.75) is 26.2 Å². The van der Waals surface area contributed by atoms with Crippen LogP contribution in [0.1, 0.15) is 26.2 Å². The van der Waals surface area contributed by atoms with Crippen molar-refractivity contribution in [3.05, 3.63) is 0 Å². The second kappa shape index (κ2) is 8.12. The number of carbonyl (C=O) groups is 2. The Balaban J connectivity index is 2.26. The largest absolute Gasteiger partial charge is 0.481 e. The van der Waals surface area contributed by atoms with Gasteiger partial charge in [0.15, 0.2) is 0 Å². The van der Waals surface area contributed by atoms with Crippen molar-refractivity contribution in [2.24, 2.45) is 17.8 Å². The van der Waals surface area contributed by atoms with Crippen LogP contribution in [0, 0.1) is 17.8 Å². The Morgan fingerprint density at radius 2 is 1.95 bits per heavy atom. The molecule has 0 aromatic rings.